The van der Waals surface area contributed by atoms with Crippen LogP contribution in [-0.2, 0) is 13.0 Å². The molecule has 0 saturated heterocycles. The maximum atomic E-state index is 6.05. The second kappa shape index (κ2) is 7.38. The van der Waals surface area contributed by atoms with E-state index in [0.29, 0.717) is 19.1 Å². The molecule has 5 nitrogen and oxygen atoms in total. The van der Waals surface area contributed by atoms with E-state index in [1.165, 1.54) is 5.56 Å². The van der Waals surface area contributed by atoms with Gasteiger partial charge in [-0.25, -0.2) is 4.99 Å². The van der Waals surface area contributed by atoms with Crippen molar-refractivity contribution in [3.8, 4) is 11.5 Å². The molecule has 22 heavy (non-hydrogen) atoms. The quantitative estimate of drug-likeness (QED) is 0.648. The van der Waals surface area contributed by atoms with Crippen LogP contribution in [-0.4, -0.2) is 36.7 Å². The van der Waals surface area contributed by atoms with Gasteiger partial charge in [0.05, 0.1) is 13.2 Å². The van der Waals surface area contributed by atoms with E-state index in [-0.39, 0.29) is 6.10 Å². The fourth-order valence-corrected chi connectivity index (χ4v) is 2.71. The molecule has 0 fully saturated rings. The van der Waals surface area contributed by atoms with Crippen LogP contribution >= 0.6 is 0 Å². The zero-order chi connectivity index (χ0) is 16.1. The highest BCUT2D eigenvalue weighted by Crippen LogP contribution is 2.35. The van der Waals surface area contributed by atoms with Crippen molar-refractivity contribution in [2.75, 3.05) is 19.7 Å². The monoisotopic (exact) mass is 305 g/mol. The number of benzene rings is 1. The van der Waals surface area contributed by atoms with Crippen LogP contribution in [0.1, 0.15) is 38.8 Å². The Balaban J connectivity index is 2.22. The maximum Gasteiger partial charge on any atom is 0.191 e. The topological polar surface area (TPSA) is 60.1 Å². The van der Waals surface area contributed by atoms with Gasteiger partial charge in [-0.05, 0) is 39.8 Å². The fraction of sp³-hybridized carbons (Fsp3) is 0.588. The van der Waals surface area contributed by atoms with Crippen LogP contribution in [0.5, 0.6) is 11.5 Å². The second-order valence-corrected chi connectivity index (χ2v) is 5.48. The molecule has 0 aliphatic carbocycles. The van der Waals surface area contributed by atoms with Gasteiger partial charge < -0.3 is 20.1 Å². The molecule has 1 aliphatic rings. The molecule has 5 heteroatoms. The minimum absolute atomic E-state index is 0.226. The standard InChI is InChI=1S/C17H27N3O2/c1-5-20(6-2)17(18)19-11-14-10-16-13(8-12(4)22-16)9-15(14)21-7-3/h9-10,12H,5-8,11H2,1-4H3,(H2,18,19). The number of hydrogen-bond acceptors (Lipinski definition) is 3. The van der Waals surface area contributed by atoms with Gasteiger partial charge in [0.15, 0.2) is 5.96 Å². The molecule has 1 aromatic rings. The van der Waals surface area contributed by atoms with E-state index in [1.54, 1.807) is 0 Å². The first-order chi connectivity index (χ1) is 10.6. The first kappa shape index (κ1) is 16.5. The summed E-state index contributed by atoms with van der Waals surface area (Å²) >= 11 is 0. The van der Waals surface area contributed by atoms with Crippen LogP contribution in [0.25, 0.3) is 0 Å². The molecule has 1 aliphatic heterocycles. The summed E-state index contributed by atoms with van der Waals surface area (Å²) in [6.07, 6.45) is 1.16. The molecule has 122 valence electrons. The normalized spacial score (nSPS) is 17.1. The lowest BCUT2D eigenvalue weighted by atomic mass is 10.1. The Labute approximate surface area is 133 Å². The first-order valence-electron chi connectivity index (χ1n) is 8.09. The minimum Gasteiger partial charge on any atom is -0.494 e. The van der Waals surface area contributed by atoms with Crippen molar-refractivity contribution in [2.24, 2.45) is 10.7 Å². The molecule has 0 radical (unpaired) electrons. The van der Waals surface area contributed by atoms with Gasteiger partial charge in [0.25, 0.3) is 0 Å². The van der Waals surface area contributed by atoms with E-state index < -0.39 is 0 Å². The summed E-state index contributed by atoms with van der Waals surface area (Å²) in [5.74, 6) is 2.40. The van der Waals surface area contributed by atoms with Crippen molar-refractivity contribution >= 4 is 5.96 Å². The lowest BCUT2D eigenvalue weighted by Gasteiger charge is -2.19. The van der Waals surface area contributed by atoms with E-state index in [1.807, 2.05) is 17.9 Å². The van der Waals surface area contributed by atoms with Gasteiger partial charge in [-0.3, -0.25) is 0 Å². The lowest BCUT2D eigenvalue weighted by Crippen LogP contribution is -2.37. The Morgan fingerprint density at radius 2 is 2.09 bits per heavy atom. The molecule has 1 atom stereocenters. The van der Waals surface area contributed by atoms with Crippen molar-refractivity contribution in [3.05, 3.63) is 23.3 Å². The predicted molar refractivity (Wildman–Crippen MR) is 89.7 cm³/mol. The van der Waals surface area contributed by atoms with E-state index in [0.717, 1.165) is 36.6 Å². The molecule has 1 aromatic carbocycles. The average molecular weight is 305 g/mol. The number of hydrogen-bond donors (Lipinski definition) is 1. The Kier molecular flexibility index (Phi) is 5.52. The Morgan fingerprint density at radius 1 is 1.36 bits per heavy atom. The van der Waals surface area contributed by atoms with Gasteiger partial charge in [-0.15, -0.1) is 0 Å². The number of nitrogens with zero attached hydrogens (tertiary/aromatic N) is 2. The predicted octanol–water partition coefficient (Wildman–Crippen LogP) is 2.57. The number of nitrogens with two attached hydrogens (primary N) is 1. The molecular formula is C17H27N3O2. The Hall–Kier alpha value is -1.91. The molecule has 0 saturated carbocycles. The highest BCUT2D eigenvalue weighted by Gasteiger charge is 2.21. The Bertz CT molecular complexity index is 539. The largest absolute Gasteiger partial charge is 0.494 e. The van der Waals surface area contributed by atoms with Gasteiger partial charge in [0, 0.05) is 30.6 Å². The van der Waals surface area contributed by atoms with E-state index in [2.05, 4.69) is 31.8 Å². The highest BCUT2D eigenvalue weighted by molar-refractivity contribution is 5.78. The summed E-state index contributed by atoms with van der Waals surface area (Å²) in [6.45, 7) is 11.1. The number of rotatable bonds is 6. The first-order valence-corrected chi connectivity index (χ1v) is 8.09. The third kappa shape index (κ3) is 3.64. The summed E-state index contributed by atoms with van der Waals surface area (Å²) in [6, 6.07) is 4.13. The number of aliphatic imine (C=N–C) groups is 1. The van der Waals surface area contributed by atoms with Gasteiger partial charge >= 0.3 is 0 Å². The van der Waals surface area contributed by atoms with Crippen LogP contribution in [0.2, 0.25) is 0 Å². The molecule has 1 unspecified atom stereocenters. The zero-order valence-electron chi connectivity index (χ0n) is 14.1. The lowest BCUT2D eigenvalue weighted by molar-refractivity contribution is 0.254. The summed E-state index contributed by atoms with van der Waals surface area (Å²) in [5, 5.41) is 0. The van der Waals surface area contributed by atoms with Crippen LogP contribution in [0.4, 0.5) is 0 Å². The second-order valence-electron chi connectivity index (χ2n) is 5.48. The summed E-state index contributed by atoms with van der Waals surface area (Å²) < 4.78 is 11.6. The van der Waals surface area contributed by atoms with E-state index in [4.69, 9.17) is 15.2 Å². The minimum atomic E-state index is 0.226. The SMILES string of the molecule is CCOc1cc2c(cc1CN=C(N)N(CC)CC)OC(C)C2. The van der Waals surface area contributed by atoms with Crippen LogP contribution < -0.4 is 15.2 Å². The molecule has 2 N–H and O–H groups in total. The van der Waals surface area contributed by atoms with Crippen molar-refractivity contribution in [2.45, 2.75) is 46.8 Å². The fourth-order valence-electron chi connectivity index (χ4n) is 2.71. The molecule has 0 spiro atoms. The summed E-state index contributed by atoms with van der Waals surface area (Å²) in [7, 11) is 0. The number of guanidine groups is 1. The van der Waals surface area contributed by atoms with Gasteiger partial charge in [0.1, 0.15) is 17.6 Å². The average Bonchev–Trinajstić information content (AvgIpc) is 2.85. The Morgan fingerprint density at radius 3 is 2.73 bits per heavy atom. The molecular weight excluding hydrogens is 278 g/mol. The molecule has 2 rings (SSSR count). The highest BCUT2D eigenvalue weighted by atomic mass is 16.5. The van der Waals surface area contributed by atoms with E-state index in [9.17, 15) is 0 Å². The van der Waals surface area contributed by atoms with Gasteiger partial charge in [0.2, 0.25) is 0 Å². The van der Waals surface area contributed by atoms with Crippen LogP contribution in [0, 0.1) is 0 Å². The van der Waals surface area contributed by atoms with Crippen molar-refractivity contribution in [3.63, 3.8) is 0 Å². The van der Waals surface area contributed by atoms with Crippen molar-refractivity contribution in [1.29, 1.82) is 0 Å². The smallest absolute Gasteiger partial charge is 0.191 e. The summed E-state index contributed by atoms with van der Waals surface area (Å²) in [5.41, 5.74) is 8.28. The van der Waals surface area contributed by atoms with Crippen molar-refractivity contribution in [1.82, 2.24) is 4.90 Å². The number of fused-ring (bicyclic) bond motifs is 1. The molecule has 0 bridgehead atoms. The summed E-state index contributed by atoms with van der Waals surface area (Å²) in [4.78, 5) is 6.54. The third-order valence-corrected chi connectivity index (χ3v) is 3.88. The van der Waals surface area contributed by atoms with Crippen molar-refractivity contribution < 1.29 is 9.47 Å². The molecule has 0 aromatic heterocycles. The van der Waals surface area contributed by atoms with Crippen LogP contribution in [0.15, 0.2) is 17.1 Å². The molecule has 0 amide bonds. The number of ether oxygens (including phenoxy) is 2. The van der Waals surface area contributed by atoms with Gasteiger partial charge in [-0.2, -0.15) is 0 Å². The maximum absolute atomic E-state index is 6.05. The zero-order valence-corrected chi connectivity index (χ0v) is 14.1. The molecule has 1 heterocycles. The van der Waals surface area contributed by atoms with E-state index >= 15 is 0 Å². The van der Waals surface area contributed by atoms with Crippen LogP contribution in [0.3, 0.4) is 0 Å². The van der Waals surface area contributed by atoms with Gasteiger partial charge in [-0.1, -0.05) is 0 Å². The third-order valence-electron chi connectivity index (χ3n) is 3.88.